The van der Waals surface area contributed by atoms with Crippen molar-refractivity contribution in [2.24, 2.45) is 0 Å². The molecule has 0 aliphatic heterocycles. The molecule has 0 saturated heterocycles. The molecule has 1 aromatic heterocycles. The molecule has 5 nitrogen and oxygen atoms in total. The summed E-state index contributed by atoms with van der Waals surface area (Å²) in [6.45, 7) is 2.05. The molecule has 2 rings (SSSR count). The van der Waals surface area contributed by atoms with Crippen LogP contribution >= 0.6 is 11.6 Å². The number of nitrogens with one attached hydrogen (secondary N) is 1. The number of hydrogen-bond acceptors (Lipinski definition) is 3. The molecular formula is C15H18ClN3O2. The van der Waals surface area contributed by atoms with Crippen LogP contribution in [-0.2, 0) is 0 Å². The first-order valence-corrected chi connectivity index (χ1v) is 7.20. The lowest BCUT2D eigenvalue weighted by Crippen LogP contribution is -2.32. The van der Waals surface area contributed by atoms with Crippen LogP contribution in [0.25, 0.3) is 5.69 Å². The van der Waals surface area contributed by atoms with Gasteiger partial charge in [0.25, 0.3) is 5.91 Å². The highest BCUT2D eigenvalue weighted by atomic mass is 35.5. The number of amides is 1. The van der Waals surface area contributed by atoms with Crippen LogP contribution < -0.4 is 5.32 Å². The molecule has 0 bridgehead atoms. The molecule has 0 aliphatic rings. The summed E-state index contributed by atoms with van der Waals surface area (Å²) in [6.07, 6.45) is 4.62. The van der Waals surface area contributed by atoms with Gasteiger partial charge in [0, 0.05) is 23.9 Å². The van der Waals surface area contributed by atoms with Gasteiger partial charge in [-0.25, -0.2) is 4.68 Å². The quantitative estimate of drug-likeness (QED) is 0.861. The van der Waals surface area contributed by atoms with Gasteiger partial charge in [-0.15, -0.1) is 0 Å². The highest BCUT2D eigenvalue weighted by Crippen LogP contribution is 2.13. The van der Waals surface area contributed by atoms with Crippen molar-refractivity contribution in [2.75, 3.05) is 6.61 Å². The summed E-state index contributed by atoms with van der Waals surface area (Å²) in [7, 11) is 0. The van der Waals surface area contributed by atoms with E-state index in [1.807, 2.05) is 19.1 Å². The molecule has 112 valence electrons. The molecule has 0 radical (unpaired) electrons. The van der Waals surface area contributed by atoms with E-state index in [9.17, 15) is 4.79 Å². The van der Waals surface area contributed by atoms with Gasteiger partial charge in [0.1, 0.15) is 0 Å². The first-order valence-electron chi connectivity index (χ1n) is 6.82. The molecule has 1 atom stereocenters. The average Bonchev–Trinajstić information content (AvgIpc) is 2.96. The van der Waals surface area contributed by atoms with Crippen molar-refractivity contribution in [3.8, 4) is 5.69 Å². The van der Waals surface area contributed by atoms with Crippen molar-refractivity contribution < 1.29 is 9.90 Å². The largest absolute Gasteiger partial charge is 0.396 e. The lowest BCUT2D eigenvalue weighted by molar-refractivity contribution is 0.0936. The molecule has 0 saturated carbocycles. The highest BCUT2D eigenvalue weighted by Gasteiger charge is 2.12. The second-order valence-electron chi connectivity index (χ2n) is 4.89. The predicted octanol–water partition coefficient (Wildman–Crippen LogP) is 2.42. The minimum absolute atomic E-state index is 0.0172. The third kappa shape index (κ3) is 4.31. The van der Waals surface area contributed by atoms with E-state index in [1.165, 1.54) is 6.20 Å². The van der Waals surface area contributed by atoms with Crippen molar-refractivity contribution in [2.45, 2.75) is 25.8 Å². The average molecular weight is 308 g/mol. The van der Waals surface area contributed by atoms with Crippen LogP contribution in [0.2, 0.25) is 5.02 Å². The summed E-state index contributed by atoms with van der Waals surface area (Å²) in [5, 5.41) is 16.5. The fraction of sp³-hybridized carbons (Fsp3) is 0.333. The zero-order valence-electron chi connectivity index (χ0n) is 11.8. The smallest absolute Gasteiger partial charge is 0.254 e. The van der Waals surface area contributed by atoms with E-state index in [-0.39, 0.29) is 18.6 Å². The van der Waals surface area contributed by atoms with Crippen LogP contribution in [0.1, 0.15) is 30.1 Å². The summed E-state index contributed by atoms with van der Waals surface area (Å²) in [6, 6.07) is 7.23. The number of rotatable bonds is 6. The number of benzene rings is 1. The fourth-order valence-electron chi connectivity index (χ4n) is 1.95. The number of halogens is 1. The molecule has 1 heterocycles. The Morgan fingerprint density at radius 1 is 1.43 bits per heavy atom. The fourth-order valence-corrected chi connectivity index (χ4v) is 2.08. The van der Waals surface area contributed by atoms with E-state index in [4.69, 9.17) is 16.7 Å². The standard InChI is InChI=1S/C15H18ClN3O2/c1-11(3-2-8-20)18-15(21)12-9-17-19(10-12)14-6-4-13(16)5-7-14/h4-7,9-11,20H,2-3,8H2,1H3,(H,18,21). The molecule has 0 spiro atoms. The molecule has 6 heteroatoms. The van der Waals surface area contributed by atoms with Gasteiger partial charge >= 0.3 is 0 Å². The Hall–Kier alpha value is -1.85. The van der Waals surface area contributed by atoms with Crippen LogP contribution in [0.4, 0.5) is 0 Å². The lowest BCUT2D eigenvalue weighted by atomic mass is 10.2. The van der Waals surface area contributed by atoms with Gasteiger partial charge in [-0.1, -0.05) is 11.6 Å². The van der Waals surface area contributed by atoms with E-state index < -0.39 is 0 Å². The van der Waals surface area contributed by atoms with E-state index in [2.05, 4.69) is 10.4 Å². The maximum atomic E-state index is 12.1. The van der Waals surface area contributed by atoms with Gasteiger partial charge in [-0.2, -0.15) is 5.10 Å². The van der Waals surface area contributed by atoms with Crippen molar-refractivity contribution in [1.82, 2.24) is 15.1 Å². The lowest BCUT2D eigenvalue weighted by Gasteiger charge is -2.11. The van der Waals surface area contributed by atoms with Crippen LogP contribution in [0.15, 0.2) is 36.7 Å². The third-order valence-corrected chi connectivity index (χ3v) is 3.36. The Morgan fingerprint density at radius 3 is 2.81 bits per heavy atom. The van der Waals surface area contributed by atoms with Crippen LogP contribution in [0.3, 0.4) is 0 Å². The van der Waals surface area contributed by atoms with Crippen molar-refractivity contribution in [3.05, 3.63) is 47.2 Å². The highest BCUT2D eigenvalue weighted by molar-refractivity contribution is 6.30. The van der Waals surface area contributed by atoms with Crippen LogP contribution in [0, 0.1) is 0 Å². The molecular weight excluding hydrogens is 290 g/mol. The summed E-state index contributed by atoms with van der Waals surface area (Å²) in [5.74, 6) is -0.166. The summed E-state index contributed by atoms with van der Waals surface area (Å²) in [4.78, 5) is 12.1. The van der Waals surface area contributed by atoms with Gasteiger partial charge in [-0.3, -0.25) is 4.79 Å². The normalized spacial score (nSPS) is 12.1. The summed E-state index contributed by atoms with van der Waals surface area (Å²) < 4.78 is 1.63. The summed E-state index contributed by atoms with van der Waals surface area (Å²) in [5.41, 5.74) is 1.34. The Kier molecular flexibility index (Phi) is 5.36. The minimum atomic E-state index is -0.166. The Labute approximate surface area is 128 Å². The number of nitrogens with zero attached hydrogens (tertiary/aromatic N) is 2. The molecule has 0 fully saturated rings. The van der Waals surface area contributed by atoms with Crippen LogP contribution in [-0.4, -0.2) is 33.4 Å². The van der Waals surface area contributed by atoms with Gasteiger partial charge < -0.3 is 10.4 Å². The second kappa shape index (κ2) is 7.24. The van der Waals surface area contributed by atoms with Crippen molar-refractivity contribution >= 4 is 17.5 Å². The predicted molar refractivity (Wildman–Crippen MR) is 81.8 cm³/mol. The molecule has 21 heavy (non-hydrogen) atoms. The molecule has 0 aliphatic carbocycles. The SMILES string of the molecule is CC(CCCO)NC(=O)c1cnn(-c2ccc(Cl)cc2)c1. The van der Waals surface area contributed by atoms with E-state index >= 15 is 0 Å². The Bertz CT molecular complexity index is 595. The zero-order valence-corrected chi connectivity index (χ0v) is 12.5. The zero-order chi connectivity index (χ0) is 15.2. The van der Waals surface area contributed by atoms with Crippen LogP contribution in [0.5, 0.6) is 0 Å². The topological polar surface area (TPSA) is 67.2 Å². The van der Waals surface area contributed by atoms with Crippen molar-refractivity contribution in [3.63, 3.8) is 0 Å². The molecule has 1 unspecified atom stereocenters. The maximum absolute atomic E-state index is 12.1. The number of carbonyl (C=O) groups excluding carboxylic acids is 1. The number of hydrogen-bond donors (Lipinski definition) is 2. The molecule has 1 aromatic carbocycles. The number of carbonyl (C=O) groups is 1. The molecule has 2 aromatic rings. The summed E-state index contributed by atoms with van der Waals surface area (Å²) >= 11 is 5.84. The number of aromatic nitrogens is 2. The Balaban J connectivity index is 2.02. The number of aliphatic hydroxyl groups excluding tert-OH is 1. The Morgan fingerprint density at radius 2 is 2.14 bits per heavy atom. The first kappa shape index (κ1) is 15.5. The van der Waals surface area contributed by atoms with E-state index in [0.717, 1.165) is 12.1 Å². The van der Waals surface area contributed by atoms with Gasteiger partial charge in [0.15, 0.2) is 0 Å². The second-order valence-corrected chi connectivity index (χ2v) is 5.33. The van der Waals surface area contributed by atoms with Gasteiger partial charge in [-0.05, 0) is 44.0 Å². The monoisotopic (exact) mass is 307 g/mol. The molecule has 2 N–H and O–H groups in total. The van der Waals surface area contributed by atoms with E-state index in [1.54, 1.807) is 23.0 Å². The van der Waals surface area contributed by atoms with Gasteiger partial charge in [0.2, 0.25) is 0 Å². The van der Waals surface area contributed by atoms with Gasteiger partial charge in [0.05, 0.1) is 17.4 Å². The third-order valence-electron chi connectivity index (χ3n) is 3.11. The maximum Gasteiger partial charge on any atom is 0.254 e. The minimum Gasteiger partial charge on any atom is -0.396 e. The first-order chi connectivity index (χ1) is 10.1. The van der Waals surface area contributed by atoms with Crippen molar-refractivity contribution in [1.29, 1.82) is 0 Å². The van der Waals surface area contributed by atoms with E-state index in [0.29, 0.717) is 17.0 Å². The number of aliphatic hydroxyl groups is 1. The molecule has 1 amide bonds.